The minimum Gasteiger partial charge on any atom is -0.368 e. The maximum Gasteiger partial charge on any atom is 0.0513 e. The summed E-state index contributed by atoms with van der Waals surface area (Å²) in [6.45, 7) is 8.90. The van der Waals surface area contributed by atoms with Gasteiger partial charge in [0, 0.05) is 23.1 Å². The monoisotopic (exact) mass is 352 g/mol. The quantitative estimate of drug-likeness (QED) is 0.775. The number of benzene rings is 1. The van der Waals surface area contributed by atoms with Gasteiger partial charge in [0.05, 0.1) is 5.69 Å². The highest BCUT2D eigenvalue weighted by atomic mass is 79.9. The molecule has 0 saturated carbocycles. The molecule has 1 aromatic carbocycles. The van der Waals surface area contributed by atoms with Gasteiger partial charge in [-0.1, -0.05) is 32.8 Å². The van der Waals surface area contributed by atoms with E-state index in [2.05, 4.69) is 65.1 Å². The Bertz CT molecular complexity index is 447. The lowest BCUT2D eigenvalue weighted by Gasteiger charge is -2.32. The Kier molecular flexibility index (Phi) is 6.56. The van der Waals surface area contributed by atoms with Gasteiger partial charge < -0.3 is 10.2 Å². The van der Waals surface area contributed by atoms with Crippen molar-refractivity contribution in [1.29, 1.82) is 0 Å². The molecule has 21 heavy (non-hydrogen) atoms. The molecule has 1 heterocycles. The van der Waals surface area contributed by atoms with E-state index in [9.17, 15) is 0 Å². The molecule has 3 heteroatoms. The van der Waals surface area contributed by atoms with Crippen LogP contribution in [-0.2, 0) is 0 Å². The molecule has 1 fully saturated rings. The van der Waals surface area contributed by atoms with Crippen LogP contribution >= 0.6 is 15.9 Å². The third kappa shape index (κ3) is 4.23. The zero-order valence-electron chi connectivity index (χ0n) is 13.7. The Morgan fingerprint density at radius 3 is 2.76 bits per heavy atom. The maximum atomic E-state index is 3.81. The van der Waals surface area contributed by atoms with Crippen LogP contribution in [0.2, 0.25) is 0 Å². The summed E-state index contributed by atoms with van der Waals surface area (Å²) >= 11 is 3.81. The fourth-order valence-corrected chi connectivity index (χ4v) is 3.99. The first-order chi connectivity index (χ1) is 10.2. The molecule has 2 unspecified atom stereocenters. The maximum absolute atomic E-state index is 3.81. The van der Waals surface area contributed by atoms with Crippen molar-refractivity contribution in [3.63, 3.8) is 0 Å². The molecule has 0 aromatic heterocycles. The summed E-state index contributed by atoms with van der Waals surface area (Å²) in [5.41, 5.74) is 2.73. The number of hydrogen-bond donors (Lipinski definition) is 1. The lowest BCUT2D eigenvalue weighted by Crippen LogP contribution is -2.34. The number of nitrogens with zero attached hydrogens (tertiary/aromatic N) is 1. The highest BCUT2D eigenvalue weighted by molar-refractivity contribution is 9.10. The van der Waals surface area contributed by atoms with Crippen LogP contribution in [0.3, 0.4) is 0 Å². The Morgan fingerprint density at radius 2 is 2.10 bits per heavy atom. The standard InChI is InChI=1S/C18H29BrN2/c1-4-16-9-7-6-8-12-21(16)18-11-10-15(13-17(18)19)14(3)20-5-2/h10-11,13-14,16,20H,4-9,12H2,1-3H3. The van der Waals surface area contributed by atoms with E-state index < -0.39 is 0 Å². The molecule has 1 aliphatic heterocycles. The molecule has 0 amide bonds. The highest BCUT2D eigenvalue weighted by Gasteiger charge is 2.21. The number of halogens is 1. The number of hydrogen-bond acceptors (Lipinski definition) is 2. The van der Waals surface area contributed by atoms with E-state index in [1.807, 2.05) is 0 Å². The molecule has 0 radical (unpaired) electrons. The van der Waals surface area contributed by atoms with E-state index in [0.717, 1.165) is 6.54 Å². The van der Waals surface area contributed by atoms with Gasteiger partial charge in [-0.3, -0.25) is 0 Å². The predicted octanol–water partition coefficient (Wildman–Crippen LogP) is 5.28. The Hall–Kier alpha value is -0.540. The molecule has 1 N–H and O–H groups in total. The smallest absolute Gasteiger partial charge is 0.0513 e. The van der Waals surface area contributed by atoms with Crippen molar-refractivity contribution < 1.29 is 0 Å². The lowest BCUT2D eigenvalue weighted by molar-refractivity contribution is 0.555. The van der Waals surface area contributed by atoms with E-state index in [1.54, 1.807) is 0 Å². The summed E-state index contributed by atoms with van der Waals surface area (Å²) in [7, 11) is 0. The molecule has 2 atom stereocenters. The van der Waals surface area contributed by atoms with Crippen LogP contribution in [0.1, 0.15) is 64.5 Å². The minimum atomic E-state index is 0.409. The fraction of sp³-hybridized carbons (Fsp3) is 0.667. The van der Waals surface area contributed by atoms with Gasteiger partial charge in [-0.2, -0.15) is 0 Å². The second-order valence-corrected chi connectivity index (χ2v) is 6.95. The summed E-state index contributed by atoms with van der Waals surface area (Å²) < 4.78 is 1.24. The molecule has 0 bridgehead atoms. The summed E-state index contributed by atoms with van der Waals surface area (Å²) in [6, 6.07) is 7.99. The summed E-state index contributed by atoms with van der Waals surface area (Å²) in [4.78, 5) is 2.62. The largest absolute Gasteiger partial charge is 0.368 e. The third-order valence-electron chi connectivity index (χ3n) is 4.64. The minimum absolute atomic E-state index is 0.409. The van der Waals surface area contributed by atoms with Crippen LogP contribution < -0.4 is 10.2 Å². The zero-order chi connectivity index (χ0) is 15.2. The van der Waals surface area contributed by atoms with E-state index in [-0.39, 0.29) is 0 Å². The van der Waals surface area contributed by atoms with Crippen LogP contribution in [0.5, 0.6) is 0 Å². The highest BCUT2D eigenvalue weighted by Crippen LogP contribution is 2.33. The van der Waals surface area contributed by atoms with E-state index in [1.165, 1.54) is 54.4 Å². The van der Waals surface area contributed by atoms with E-state index in [0.29, 0.717) is 12.1 Å². The van der Waals surface area contributed by atoms with Crippen molar-refractivity contribution in [1.82, 2.24) is 5.32 Å². The van der Waals surface area contributed by atoms with Crippen LogP contribution in [0, 0.1) is 0 Å². The topological polar surface area (TPSA) is 15.3 Å². The van der Waals surface area contributed by atoms with Gasteiger partial charge in [0.25, 0.3) is 0 Å². The first-order valence-corrected chi connectivity index (χ1v) is 9.26. The average Bonchev–Trinajstić information content (AvgIpc) is 2.72. The molecule has 1 aromatic rings. The number of rotatable bonds is 5. The first-order valence-electron chi connectivity index (χ1n) is 8.46. The Morgan fingerprint density at radius 1 is 1.29 bits per heavy atom. The van der Waals surface area contributed by atoms with Gasteiger partial charge in [-0.15, -0.1) is 0 Å². The molecule has 1 saturated heterocycles. The Balaban J connectivity index is 2.22. The van der Waals surface area contributed by atoms with Crippen molar-refractivity contribution in [2.24, 2.45) is 0 Å². The van der Waals surface area contributed by atoms with Crippen molar-refractivity contribution in [3.8, 4) is 0 Å². The third-order valence-corrected chi connectivity index (χ3v) is 5.28. The van der Waals surface area contributed by atoms with Gasteiger partial charge >= 0.3 is 0 Å². The normalized spacial score (nSPS) is 21.1. The molecular formula is C18H29BrN2. The van der Waals surface area contributed by atoms with E-state index >= 15 is 0 Å². The first kappa shape index (κ1) is 16.8. The average molecular weight is 353 g/mol. The van der Waals surface area contributed by atoms with Gasteiger partial charge in [-0.05, 0) is 66.4 Å². The lowest BCUT2D eigenvalue weighted by atomic mass is 10.0. The van der Waals surface area contributed by atoms with E-state index in [4.69, 9.17) is 0 Å². The molecule has 2 rings (SSSR count). The van der Waals surface area contributed by atoms with Gasteiger partial charge in [0.2, 0.25) is 0 Å². The van der Waals surface area contributed by atoms with Crippen LogP contribution in [0.4, 0.5) is 5.69 Å². The fourth-order valence-electron chi connectivity index (χ4n) is 3.37. The van der Waals surface area contributed by atoms with Gasteiger partial charge in [-0.25, -0.2) is 0 Å². The van der Waals surface area contributed by atoms with Crippen LogP contribution in [0.25, 0.3) is 0 Å². The summed E-state index contributed by atoms with van der Waals surface area (Å²) in [5.74, 6) is 0. The molecule has 2 nitrogen and oxygen atoms in total. The second-order valence-electron chi connectivity index (χ2n) is 6.10. The summed E-state index contributed by atoms with van der Waals surface area (Å²) in [6.07, 6.45) is 6.64. The predicted molar refractivity (Wildman–Crippen MR) is 96.1 cm³/mol. The molecule has 0 aliphatic carbocycles. The van der Waals surface area contributed by atoms with Crippen LogP contribution in [0.15, 0.2) is 22.7 Å². The zero-order valence-corrected chi connectivity index (χ0v) is 15.2. The van der Waals surface area contributed by atoms with Crippen LogP contribution in [-0.4, -0.2) is 19.1 Å². The van der Waals surface area contributed by atoms with Gasteiger partial charge in [0.1, 0.15) is 0 Å². The molecule has 118 valence electrons. The second kappa shape index (κ2) is 8.19. The van der Waals surface area contributed by atoms with Crippen molar-refractivity contribution in [2.75, 3.05) is 18.0 Å². The SMILES string of the molecule is CCNC(C)c1ccc(N2CCCCCC2CC)c(Br)c1. The summed E-state index contributed by atoms with van der Waals surface area (Å²) in [5, 5.41) is 3.48. The van der Waals surface area contributed by atoms with Crippen molar-refractivity contribution in [3.05, 3.63) is 28.2 Å². The Labute approximate surface area is 138 Å². The number of nitrogens with one attached hydrogen (secondary N) is 1. The van der Waals surface area contributed by atoms with Crippen molar-refractivity contribution in [2.45, 2.75) is 65.0 Å². The molecular weight excluding hydrogens is 324 g/mol. The van der Waals surface area contributed by atoms with Crippen molar-refractivity contribution >= 4 is 21.6 Å². The number of anilines is 1. The molecule has 0 spiro atoms. The molecule has 1 aliphatic rings. The van der Waals surface area contributed by atoms with Gasteiger partial charge in [0.15, 0.2) is 0 Å².